The first-order valence-electron chi connectivity index (χ1n) is 7.42. The number of nitrogens with one attached hydrogen (secondary N) is 2. The number of likely N-dealkylation sites (N-methyl/N-ethyl adjacent to an activating group) is 1. The van der Waals surface area contributed by atoms with Crippen molar-refractivity contribution in [2.75, 3.05) is 13.6 Å². The Balaban J connectivity index is 1.91. The van der Waals surface area contributed by atoms with Crippen LogP contribution in [0.5, 0.6) is 0 Å². The fourth-order valence-corrected chi connectivity index (χ4v) is 3.29. The maximum absolute atomic E-state index is 12.2. The Morgan fingerprint density at radius 2 is 2.09 bits per heavy atom. The molecule has 0 spiro atoms. The second-order valence-electron chi connectivity index (χ2n) is 5.97. The van der Waals surface area contributed by atoms with Gasteiger partial charge in [0, 0.05) is 5.56 Å². The molecule has 118 valence electrons. The molecule has 0 aliphatic heterocycles. The second-order valence-corrected chi connectivity index (χ2v) is 6.76. The van der Waals surface area contributed by atoms with Crippen LogP contribution >= 0.6 is 23.2 Å². The number of halogens is 2. The monoisotopic (exact) mass is 340 g/mol. The SMILES string of the molecule is C[NH+](CC(=O)NC1(C#N)CCCC1)Cc1cccc(Cl)c1Cl. The molecule has 0 aromatic heterocycles. The summed E-state index contributed by atoms with van der Waals surface area (Å²) in [6.07, 6.45) is 3.48. The summed E-state index contributed by atoms with van der Waals surface area (Å²) in [5, 5.41) is 13.3. The van der Waals surface area contributed by atoms with E-state index in [1.165, 1.54) is 0 Å². The highest BCUT2D eigenvalue weighted by Gasteiger charge is 2.35. The van der Waals surface area contributed by atoms with Gasteiger partial charge in [0.15, 0.2) is 6.54 Å². The number of quaternary nitrogens is 1. The summed E-state index contributed by atoms with van der Waals surface area (Å²) in [6, 6.07) is 7.76. The molecule has 0 bridgehead atoms. The number of carbonyl (C=O) groups is 1. The van der Waals surface area contributed by atoms with E-state index in [1.807, 2.05) is 19.2 Å². The number of nitriles is 1. The summed E-state index contributed by atoms with van der Waals surface area (Å²) >= 11 is 12.2. The molecule has 1 saturated carbocycles. The van der Waals surface area contributed by atoms with Crippen LogP contribution in [0.3, 0.4) is 0 Å². The minimum Gasteiger partial charge on any atom is -0.333 e. The maximum atomic E-state index is 12.2. The van der Waals surface area contributed by atoms with Gasteiger partial charge >= 0.3 is 0 Å². The molecule has 1 aromatic rings. The van der Waals surface area contributed by atoms with Gasteiger partial charge in [-0.15, -0.1) is 0 Å². The lowest BCUT2D eigenvalue weighted by Crippen LogP contribution is -3.09. The molecule has 2 rings (SSSR count). The summed E-state index contributed by atoms with van der Waals surface area (Å²) in [5.74, 6) is -0.0981. The summed E-state index contributed by atoms with van der Waals surface area (Å²) in [4.78, 5) is 13.2. The van der Waals surface area contributed by atoms with Gasteiger partial charge in [-0.05, 0) is 31.7 Å². The number of rotatable bonds is 5. The van der Waals surface area contributed by atoms with E-state index in [1.54, 1.807) is 6.07 Å². The van der Waals surface area contributed by atoms with Gasteiger partial charge in [-0.1, -0.05) is 35.3 Å². The van der Waals surface area contributed by atoms with Gasteiger partial charge in [-0.25, -0.2) is 0 Å². The van der Waals surface area contributed by atoms with Crippen molar-refractivity contribution in [3.05, 3.63) is 33.8 Å². The van der Waals surface area contributed by atoms with Crippen LogP contribution in [0.1, 0.15) is 31.2 Å². The zero-order valence-corrected chi connectivity index (χ0v) is 14.1. The van der Waals surface area contributed by atoms with E-state index >= 15 is 0 Å². The number of hydrogen-bond donors (Lipinski definition) is 2. The first-order valence-corrected chi connectivity index (χ1v) is 8.18. The smallest absolute Gasteiger partial charge is 0.276 e. The fourth-order valence-electron chi connectivity index (χ4n) is 2.90. The predicted molar refractivity (Wildman–Crippen MR) is 86.9 cm³/mol. The first-order chi connectivity index (χ1) is 10.5. The van der Waals surface area contributed by atoms with Crippen molar-refractivity contribution in [2.45, 2.75) is 37.8 Å². The van der Waals surface area contributed by atoms with E-state index in [-0.39, 0.29) is 5.91 Å². The van der Waals surface area contributed by atoms with Crippen molar-refractivity contribution < 1.29 is 9.69 Å². The van der Waals surface area contributed by atoms with Crippen LogP contribution in [0.25, 0.3) is 0 Å². The quantitative estimate of drug-likeness (QED) is 0.860. The zero-order valence-electron chi connectivity index (χ0n) is 12.6. The molecule has 0 heterocycles. The summed E-state index contributed by atoms with van der Waals surface area (Å²) in [5.41, 5.74) is 0.251. The molecule has 0 saturated heterocycles. The fraction of sp³-hybridized carbons (Fsp3) is 0.500. The Morgan fingerprint density at radius 3 is 2.73 bits per heavy atom. The number of nitrogens with zero attached hydrogens (tertiary/aromatic N) is 1. The van der Waals surface area contributed by atoms with Crippen LogP contribution < -0.4 is 10.2 Å². The molecule has 22 heavy (non-hydrogen) atoms. The lowest BCUT2D eigenvalue weighted by atomic mass is 10.00. The van der Waals surface area contributed by atoms with Crippen LogP contribution in [0.15, 0.2) is 18.2 Å². The van der Waals surface area contributed by atoms with E-state index in [9.17, 15) is 10.1 Å². The topological polar surface area (TPSA) is 57.3 Å². The van der Waals surface area contributed by atoms with Gasteiger partial charge in [0.2, 0.25) is 0 Å². The standard InChI is InChI=1S/C16H19Cl2N3O/c1-21(9-12-5-4-6-13(17)15(12)18)10-14(22)20-16(11-19)7-2-3-8-16/h4-6H,2-3,7-10H2,1H3,(H,20,22)/p+1. The molecule has 2 N–H and O–H groups in total. The molecule has 6 heteroatoms. The van der Waals surface area contributed by atoms with Crippen molar-refractivity contribution in [1.82, 2.24) is 5.32 Å². The average Bonchev–Trinajstić information content (AvgIpc) is 2.92. The number of amides is 1. The molecule has 1 aliphatic rings. The molecular formula is C16H20Cl2N3O+. The minimum absolute atomic E-state index is 0.0981. The summed E-state index contributed by atoms with van der Waals surface area (Å²) in [7, 11) is 1.92. The van der Waals surface area contributed by atoms with Crippen LogP contribution in [0.2, 0.25) is 10.0 Å². The Kier molecular flexibility index (Phi) is 5.69. The highest BCUT2D eigenvalue weighted by molar-refractivity contribution is 6.42. The molecule has 1 fully saturated rings. The molecule has 1 amide bonds. The number of hydrogen-bond acceptors (Lipinski definition) is 2. The van der Waals surface area contributed by atoms with Crippen molar-refractivity contribution in [2.24, 2.45) is 0 Å². The third kappa shape index (κ3) is 4.13. The highest BCUT2D eigenvalue weighted by atomic mass is 35.5. The van der Waals surface area contributed by atoms with Gasteiger partial charge in [0.1, 0.15) is 12.1 Å². The van der Waals surface area contributed by atoms with Gasteiger partial charge < -0.3 is 10.2 Å². The minimum atomic E-state index is -0.662. The van der Waals surface area contributed by atoms with E-state index in [0.29, 0.717) is 23.1 Å². The Bertz CT molecular complexity index is 592. The van der Waals surface area contributed by atoms with Crippen LogP contribution in [0, 0.1) is 11.3 Å². The molecule has 0 radical (unpaired) electrons. The van der Waals surface area contributed by atoms with Crippen LogP contribution in [-0.4, -0.2) is 25.0 Å². The Labute approximate surface area is 141 Å². The number of benzene rings is 1. The van der Waals surface area contributed by atoms with E-state index < -0.39 is 5.54 Å². The molecule has 1 atom stereocenters. The molecule has 1 unspecified atom stereocenters. The van der Waals surface area contributed by atoms with E-state index in [4.69, 9.17) is 23.2 Å². The average molecular weight is 341 g/mol. The lowest BCUT2D eigenvalue weighted by molar-refractivity contribution is -0.885. The predicted octanol–water partition coefficient (Wildman–Crippen LogP) is 1.96. The first kappa shape index (κ1) is 17.1. The van der Waals surface area contributed by atoms with Gasteiger partial charge in [-0.2, -0.15) is 5.26 Å². The van der Waals surface area contributed by atoms with Crippen molar-refractivity contribution >= 4 is 29.1 Å². The second kappa shape index (κ2) is 7.32. The van der Waals surface area contributed by atoms with Gasteiger partial charge in [-0.3, -0.25) is 4.79 Å². The van der Waals surface area contributed by atoms with Crippen molar-refractivity contribution in [1.29, 1.82) is 5.26 Å². The van der Waals surface area contributed by atoms with E-state index in [2.05, 4.69) is 11.4 Å². The van der Waals surface area contributed by atoms with E-state index in [0.717, 1.165) is 36.1 Å². The maximum Gasteiger partial charge on any atom is 0.276 e. The van der Waals surface area contributed by atoms with Crippen LogP contribution in [-0.2, 0) is 11.3 Å². The van der Waals surface area contributed by atoms with Crippen LogP contribution in [0.4, 0.5) is 0 Å². The van der Waals surface area contributed by atoms with Crippen molar-refractivity contribution in [3.8, 4) is 6.07 Å². The summed E-state index contributed by atoms with van der Waals surface area (Å²) in [6.45, 7) is 0.901. The summed E-state index contributed by atoms with van der Waals surface area (Å²) < 4.78 is 0. The zero-order chi connectivity index (χ0) is 16.2. The molecular weight excluding hydrogens is 321 g/mol. The normalized spacial score (nSPS) is 17.7. The number of carbonyl (C=O) groups excluding carboxylic acids is 1. The Hall–Kier alpha value is -1.28. The molecule has 4 nitrogen and oxygen atoms in total. The van der Waals surface area contributed by atoms with Gasteiger partial charge in [0.25, 0.3) is 5.91 Å². The third-order valence-electron chi connectivity index (χ3n) is 4.04. The molecule has 1 aliphatic carbocycles. The largest absolute Gasteiger partial charge is 0.333 e. The molecule has 1 aromatic carbocycles. The lowest BCUT2D eigenvalue weighted by Gasteiger charge is -2.23. The third-order valence-corrected chi connectivity index (χ3v) is 4.89. The Morgan fingerprint density at radius 1 is 1.41 bits per heavy atom. The highest BCUT2D eigenvalue weighted by Crippen LogP contribution is 2.28. The van der Waals surface area contributed by atoms with Gasteiger partial charge in [0.05, 0.1) is 23.2 Å². The van der Waals surface area contributed by atoms with Crippen molar-refractivity contribution in [3.63, 3.8) is 0 Å².